The molecule has 0 radical (unpaired) electrons. The third kappa shape index (κ3) is 3.12. The van der Waals surface area contributed by atoms with Gasteiger partial charge in [0.15, 0.2) is 0 Å². The molecule has 2 heterocycles. The zero-order valence-corrected chi connectivity index (χ0v) is 12.1. The Bertz CT molecular complexity index is 388. The first-order chi connectivity index (χ1) is 8.48. The van der Waals surface area contributed by atoms with Gasteiger partial charge in [0.2, 0.25) is 0 Å². The molecule has 0 bridgehead atoms. The number of carbonyl (C=O) groups is 1. The highest BCUT2D eigenvalue weighted by Crippen LogP contribution is 2.23. The van der Waals surface area contributed by atoms with Gasteiger partial charge in [-0.25, -0.2) is 0 Å². The van der Waals surface area contributed by atoms with Gasteiger partial charge in [0.05, 0.1) is 0 Å². The van der Waals surface area contributed by atoms with Gasteiger partial charge in [-0.1, -0.05) is 0 Å². The Labute approximate surface area is 113 Å². The Morgan fingerprint density at radius 3 is 2.83 bits per heavy atom. The Hall–Kier alpha value is -0.870. The fourth-order valence-corrected chi connectivity index (χ4v) is 2.82. The number of rotatable bonds is 3. The normalized spacial score (nSPS) is 20.1. The highest BCUT2D eigenvalue weighted by Gasteiger charge is 2.34. The Kier molecular flexibility index (Phi) is 4.07. The highest BCUT2D eigenvalue weighted by molar-refractivity contribution is 7.07. The van der Waals surface area contributed by atoms with Crippen LogP contribution in [0.25, 0.3) is 0 Å². The van der Waals surface area contributed by atoms with Crippen LogP contribution in [0.4, 0.5) is 0 Å². The van der Waals surface area contributed by atoms with Crippen molar-refractivity contribution in [2.45, 2.75) is 51.8 Å². The second-order valence-electron chi connectivity index (χ2n) is 5.73. The third-order valence-electron chi connectivity index (χ3n) is 3.20. The molecule has 1 aliphatic rings. The first-order valence-corrected chi connectivity index (χ1v) is 7.37. The summed E-state index contributed by atoms with van der Waals surface area (Å²) in [6, 6.07) is 2.08. The van der Waals surface area contributed by atoms with E-state index in [1.807, 2.05) is 10.3 Å². The van der Waals surface area contributed by atoms with Crippen LogP contribution < -0.4 is 0 Å². The topological polar surface area (TPSA) is 29.5 Å². The number of amides is 1. The van der Waals surface area contributed by atoms with Crippen molar-refractivity contribution in [3.63, 3.8) is 0 Å². The first-order valence-electron chi connectivity index (χ1n) is 6.42. The Balaban J connectivity index is 2.12. The molecule has 0 saturated carbocycles. The van der Waals surface area contributed by atoms with Gasteiger partial charge in [0, 0.05) is 18.7 Å². The van der Waals surface area contributed by atoms with Gasteiger partial charge in [-0.15, -0.1) is 0 Å². The molecule has 1 aromatic heterocycles. The smallest absolute Gasteiger partial charge is 0.252 e. The van der Waals surface area contributed by atoms with Crippen LogP contribution in [0.5, 0.6) is 0 Å². The van der Waals surface area contributed by atoms with Gasteiger partial charge < -0.3 is 9.64 Å². The largest absolute Gasteiger partial charge is 0.368 e. The third-order valence-corrected chi connectivity index (χ3v) is 3.93. The van der Waals surface area contributed by atoms with Crippen LogP contribution in [-0.2, 0) is 16.1 Å². The molecule has 1 atom stereocenters. The molecule has 0 spiro atoms. The highest BCUT2D eigenvalue weighted by atomic mass is 32.1. The van der Waals surface area contributed by atoms with E-state index < -0.39 is 0 Å². The number of hydrogen-bond acceptors (Lipinski definition) is 3. The van der Waals surface area contributed by atoms with Crippen molar-refractivity contribution in [2.75, 3.05) is 6.61 Å². The van der Waals surface area contributed by atoms with Gasteiger partial charge in [-0.05, 0) is 56.0 Å². The average molecular weight is 267 g/mol. The van der Waals surface area contributed by atoms with Gasteiger partial charge in [0.1, 0.15) is 6.10 Å². The lowest BCUT2D eigenvalue weighted by Crippen LogP contribution is -2.49. The number of thiophene rings is 1. The summed E-state index contributed by atoms with van der Waals surface area (Å²) in [6.07, 6.45) is 1.62. The van der Waals surface area contributed by atoms with Crippen molar-refractivity contribution >= 4 is 17.2 Å². The molecular weight excluding hydrogens is 246 g/mol. The minimum Gasteiger partial charge on any atom is -0.368 e. The standard InChI is InChI=1S/C14H21NO2S/c1-14(2,3)15(9-11-6-8-18-10-11)13(16)12-5-4-7-17-12/h6,8,10,12H,4-5,7,9H2,1-3H3/t12-/m1/s1. The molecule has 1 saturated heterocycles. The monoisotopic (exact) mass is 267 g/mol. The van der Waals surface area contributed by atoms with E-state index in [2.05, 4.69) is 32.2 Å². The van der Waals surface area contributed by atoms with Crippen LogP contribution in [0, 0.1) is 0 Å². The van der Waals surface area contributed by atoms with E-state index >= 15 is 0 Å². The van der Waals surface area contributed by atoms with Crippen molar-refractivity contribution in [3.8, 4) is 0 Å². The molecular formula is C14H21NO2S. The molecule has 2 rings (SSSR count). The lowest BCUT2D eigenvalue weighted by molar-refractivity contribution is -0.146. The number of nitrogens with zero attached hydrogens (tertiary/aromatic N) is 1. The first kappa shape index (κ1) is 13.6. The van der Waals surface area contributed by atoms with Crippen molar-refractivity contribution < 1.29 is 9.53 Å². The molecule has 1 aliphatic heterocycles. The molecule has 0 N–H and O–H groups in total. The number of ether oxygens (including phenoxy) is 1. The second kappa shape index (κ2) is 5.41. The van der Waals surface area contributed by atoms with Crippen LogP contribution >= 0.6 is 11.3 Å². The number of carbonyl (C=O) groups excluding carboxylic acids is 1. The molecule has 1 fully saturated rings. The van der Waals surface area contributed by atoms with Crippen molar-refractivity contribution in [1.82, 2.24) is 4.90 Å². The predicted octanol–water partition coefficient (Wildman–Crippen LogP) is 3.05. The van der Waals surface area contributed by atoms with E-state index in [1.54, 1.807) is 11.3 Å². The van der Waals surface area contributed by atoms with E-state index in [-0.39, 0.29) is 17.6 Å². The molecule has 0 aromatic carbocycles. The molecule has 18 heavy (non-hydrogen) atoms. The van der Waals surface area contributed by atoms with Crippen LogP contribution in [0.3, 0.4) is 0 Å². The maximum absolute atomic E-state index is 12.5. The maximum Gasteiger partial charge on any atom is 0.252 e. The summed E-state index contributed by atoms with van der Waals surface area (Å²) >= 11 is 1.67. The summed E-state index contributed by atoms with van der Waals surface area (Å²) in [5.74, 6) is 0.131. The molecule has 0 unspecified atom stereocenters. The molecule has 1 aromatic rings. The molecule has 0 aliphatic carbocycles. The minimum absolute atomic E-state index is 0.131. The summed E-state index contributed by atoms with van der Waals surface area (Å²) in [6.45, 7) is 7.61. The van der Waals surface area contributed by atoms with E-state index in [0.717, 1.165) is 12.8 Å². The fourth-order valence-electron chi connectivity index (χ4n) is 2.16. The van der Waals surface area contributed by atoms with Crippen molar-refractivity contribution in [2.24, 2.45) is 0 Å². The molecule has 4 heteroatoms. The number of hydrogen-bond donors (Lipinski definition) is 0. The van der Waals surface area contributed by atoms with Gasteiger partial charge in [-0.3, -0.25) is 4.79 Å². The van der Waals surface area contributed by atoms with Gasteiger partial charge >= 0.3 is 0 Å². The van der Waals surface area contributed by atoms with Crippen molar-refractivity contribution in [3.05, 3.63) is 22.4 Å². The average Bonchev–Trinajstić information content (AvgIpc) is 2.96. The molecule has 1 amide bonds. The quantitative estimate of drug-likeness (QED) is 0.842. The Morgan fingerprint density at radius 1 is 1.56 bits per heavy atom. The predicted molar refractivity (Wildman–Crippen MR) is 73.6 cm³/mol. The Morgan fingerprint density at radius 2 is 2.33 bits per heavy atom. The van der Waals surface area contributed by atoms with Crippen molar-refractivity contribution in [1.29, 1.82) is 0 Å². The summed E-state index contributed by atoms with van der Waals surface area (Å²) in [5, 5.41) is 4.15. The van der Waals surface area contributed by atoms with E-state index in [0.29, 0.717) is 13.2 Å². The second-order valence-corrected chi connectivity index (χ2v) is 6.51. The van der Waals surface area contributed by atoms with Crippen LogP contribution in [-0.4, -0.2) is 29.1 Å². The summed E-state index contributed by atoms with van der Waals surface area (Å²) in [5.41, 5.74) is 1.02. The van der Waals surface area contributed by atoms with E-state index in [4.69, 9.17) is 4.74 Å². The van der Waals surface area contributed by atoms with Crippen LogP contribution in [0.2, 0.25) is 0 Å². The minimum atomic E-state index is -0.233. The van der Waals surface area contributed by atoms with Gasteiger partial charge in [-0.2, -0.15) is 11.3 Å². The summed E-state index contributed by atoms with van der Waals surface area (Å²) in [4.78, 5) is 14.5. The van der Waals surface area contributed by atoms with Crippen LogP contribution in [0.15, 0.2) is 16.8 Å². The lowest BCUT2D eigenvalue weighted by Gasteiger charge is -2.37. The molecule has 3 nitrogen and oxygen atoms in total. The lowest BCUT2D eigenvalue weighted by atomic mass is 10.0. The zero-order valence-electron chi connectivity index (χ0n) is 11.3. The summed E-state index contributed by atoms with van der Waals surface area (Å²) in [7, 11) is 0. The zero-order chi connectivity index (χ0) is 13.2. The fraction of sp³-hybridized carbons (Fsp3) is 0.643. The SMILES string of the molecule is CC(C)(C)N(Cc1ccsc1)C(=O)[C@H]1CCCO1. The van der Waals surface area contributed by atoms with Crippen LogP contribution in [0.1, 0.15) is 39.2 Å². The summed E-state index contributed by atoms with van der Waals surface area (Å²) < 4.78 is 5.52. The maximum atomic E-state index is 12.5. The van der Waals surface area contributed by atoms with E-state index in [9.17, 15) is 4.79 Å². The van der Waals surface area contributed by atoms with E-state index in [1.165, 1.54) is 5.56 Å². The van der Waals surface area contributed by atoms with Gasteiger partial charge in [0.25, 0.3) is 5.91 Å². The molecule has 100 valence electrons.